The second-order valence-electron chi connectivity index (χ2n) is 4.67. The molecule has 1 heterocycles. The highest BCUT2D eigenvalue weighted by molar-refractivity contribution is 8.01. The maximum Gasteiger partial charge on any atom is 0.0364 e. The third-order valence-electron chi connectivity index (χ3n) is 2.73. The normalized spacial score (nSPS) is 22.8. The van der Waals surface area contributed by atoms with Crippen LogP contribution in [-0.4, -0.2) is 0 Å². The molecule has 1 heteroatoms. The van der Waals surface area contributed by atoms with Crippen LogP contribution in [0.2, 0.25) is 0 Å². The molecule has 0 atom stereocenters. The van der Waals surface area contributed by atoms with E-state index in [1.165, 1.54) is 11.1 Å². The van der Waals surface area contributed by atoms with Crippen LogP contribution in [-0.2, 0) is 9.49 Å². The van der Waals surface area contributed by atoms with E-state index >= 15 is 0 Å². The summed E-state index contributed by atoms with van der Waals surface area (Å²) >= 11 is 2.05. The molecule has 0 radical (unpaired) electrons. The summed E-state index contributed by atoms with van der Waals surface area (Å²) in [6.07, 6.45) is 0. The molecule has 0 N–H and O–H groups in total. The maximum absolute atomic E-state index is 2.31. The first-order valence-corrected chi connectivity index (χ1v) is 5.55. The van der Waals surface area contributed by atoms with Crippen molar-refractivity contribution < 1.29 is 0 Å². The van der Waals surface area contributed by atoms with Gasteiger partial charge in [-0.25, -0.2) is 0 Å². The van der Waals surface area contributed by atoms with Crippen LogP contribution in [0.1, 0.15) is 38.8 Å². The van der Waals surface area contributed by atoms with Crippen molar-refractivity contribution in [1.82, 2.24) is 0 Å². The molecule has 0 saturated carbocycles. The number of thioether (sulfide) groups is 1. The van der Waals surface area contributed by atoms with E-state index in [1.54, 1.807) is 0 Å². The van der Waals surface area contributed by atoms with Crippen LogP contribution in [0, 0.1) is 0 Å². The fourth-order valence-electron chi connectivity index (χ4n) is 2.28. The van der Waals surface area contributed by atoms with Crippen molar-refractivity contribution in [2.24, 2.45) is 0 Å². The average Bonchev–Trinajstić information content (AvgIpc) is 2.20. The topological polar surface area (TPSA) is 0 Å². The van der Waals surface area contributed by atoms with E-state index < -0.39 is 0 Å². The lowest BCUT2D eigenvalue weighted by Gasteiger charge is -2.22. The van der Waals surface area contributed by atoms with Crippen molar-refractivity contribution >= 4 is 11.8 Å². The van der Waals surface area contributed by atoms with Crippen LogP contribution in [0.5, 0.6) is 0 Å². The minimum Gasteiger partial charge on any atom is -0.140 e. The van der Waals surface area contributed by atoms with Gasteiger partial charge in [-0.1, -0.05) is 24.3 Å². The summed E-state index contributed by atoms with van der Waals surface area (Å²) in [5, 5.41) is 0. The molecule has 0 saturated heterocycles. The molecule has 0 nitrogen and oxygen atoms in total. The molecule has 2 rings (SSSR count). The van der Waals surface area contributed by atoms with Crippen molar-refractivity contribution in [3.05, 3.63) is 35.4 Å². The Hall–Kier alpha value is -0.430. The molecule has 0 amide bonds. The molecule has 13 heavy (non-hydrogen) atoms. The third-order valence-corrected chi connectivity index (χ3v) is 4.20. The second kappa shape index (κ2) is 2.54. The minimum absolute atomic E-state index is 0.278. The molecule has 0 spiro atoms. The van der Waals surface area contributed by atoms with Crippen molar-refractivity contribution in [2.75, 3.05) is 0 Å². The summed E-state index contributed by atoms with van der Waals surface area (Å²) in [7, 11) is 0. The zero-order chi connectivity index (χ0) is 9.69. The molecule has 1 aromatic rings. The Morgan fingerprint density at radius 3 is 1.62 bits per heavy atom. The summed E-state index contributed by atoms with van der Waals surface area (Å²) in [5.74, 6) is 0. The predicted molar refractivity (Wildman–Crippen MR) is 60.1 cm³/mol. The zero-order valence-electron chi connectivity index (χ0n) is 8.72. The quantitative estimate of drug-likeness (QED) is 0.600. The van der Waals surface area contributed by atoms with Crippen molar-refractivity contribution in [1.29, 1.82) is 0 Å². The fourth-order valence-corrected chi connectivity index (χ4v) is 4.13. The van der Waals surface area contributed by atoms with E-state index in [4.69, 9.17) is 0 Å². The highest BCUT2D eigenvalue weighted by atomic mass is 32.2. The van der Waals surface area contributed by atoms with Gasteiger partial charge in [0.15, 0.2) is 0 Å². The van der Waals surface area contributed by atoms with Gasteiger partial charge in [-0.15, -0.1) is 11.8 Å². The molecule has 1 aliphatic heterocycles. The first-order valence-electron chi connectivity index (χ1n) is 4.74. The highest BCUT2D eigenvalue weighted by Crippen LogP contribution is 2.57. The largest absolute Gasteiger partial charge is 0.140 e. The van der Waals surface area contributed by atoms with Gasteiger partial charge >= 0.3 is 0 Å². The van der Waals surface area contributed by atoms with Gasteiger partial charge in [0.25, 0.3) is 0 Å². The van der Waals surface area contributed by atoms with E-state index in [-0.39, 0.29) is 9.49 Å². The van der Waals surface area contributed by atoms with Crippen molar-refractivity contribution in [2.45, 2.75) is 37.2 Å². The Kier molecular flexibility index (Phi) is 1.78. The average molecular weight is 192 g/mol. The van der Waals surface area contributed by atoms with Crippen molar-refractivity contribution in [3.63, 3.8) is 0 Å². The van der Waals surface area contributed by atoms with Crippen molar-refractivity contribution in [3.8, 4) is 0 Å². The van der Waals surface area contributed by atoms with Gasteiger partial charge < -0.3 is 0 Å². The van der Waals surface area contributed by atoms with Gasteiger partial charge in [0, 0.05) is 9.49 Å². The van der Waals surface area contributed by atoms with E-state index in [1.807, 2.05) is 0 Å². The third kappa shape index (κ3) is 1.30. The molecule has 0 aliphatic carbocycles. The second-order valence-corrected chi connectivity index (χ2v) is 6.91. The molecule has 70 valence electrons. The predicted octanol–water partition coefficient (Wildman–Crippen LogP) is 3.90. The Morgan fingerprint density at radius 1 is 0.846 bits per heavy atom. The van der Waals surface area contributed by atoms with Gasteiger partial charge in [-0.3, -0.25) is 0 Å². The summed E-state index contributed by atoms with van der Waals surface area (Å²) < 4.78 is 0.556. The first kappa shape index (κ1) is 9.14. The van der Waals surface area contributed by atoms with Crippen LogP contribution >= 0.6 is 11.8 Å². The molecular weight excluding hydrogens is 176 g/mol. The number of fused-ring (bicyclic) bond motifs is 1. The number of benzene rings is 1. The van der Waals surface area contributed by atoms with E-state index in [0.29, 0.717) is 0 Å². The van der Waals surface area contributed by atoms with Gasteiger partial charge in [0.05, 0.1) is 0 Å². The summed E-state index contributed by atoms with van der Waals surface area (Å²) in [5.41, 5.74) is 3.01. The minimum atomic E-state index is 0.278. The van der Waals surface area contributed by atoms with Gasteiger partial charge in [0.2, 0.25) is 0 Å². The molecule has 1 aromatic carbocycles. The highest BCUT2D eigenvalue weighted by Gasteiger charge is 2.41. The number of hydrogen-bond donors (Lipinski definition) is 0. The Bertz CT molecular complexity index is 304. The smallest absolute Gasteiger partial charge is 0.0364 e. The van der Waals surface area contributed by atoms with Gasteiger partial charge in [0.1, 0.15) is 0 Å². The Labute approximate surface area is 84.7 Å². The first-order chi connectivity index (χ1) is 5.93. The van der Waals surface area contributed by atoms with Gasteiger partial charge in [-0.05, 0) is 38.8 Å². The summed E-state index contributed by atoms with van der Waals surface area (Å²) in [6.45, 7) is 9.24. The van der Waals surface area contributed by atoms with Crippen LogP contribution in [0.3, 0.4) is 0 Å². The molecule has 0 unspecified atom stereocenters. The zero-order valence-corrected chi connectivity index (χ0v) is 9.53. The Morgan fingerprint density at radius 2 is 1.23 bits per heavy atom. The molecular formula is C12H16S. The van der Waals surface area contributed by atoms with Gasteiger partial charge in [-0.2, -0.15) is 0 Å². The van der Waals surface area contributed by atoms with Crippen LogP contribution < -0.4 is 0 Å². The van der Waals surface area contributed by atoms with Crippen LogP contribution in [0.4, 0.5) is 0 Å². The monoisotopic (exact) mass is 192 g/mol. The molecule has 0 aromatic heterocycles. The summed E-state index contributed by atoms with van der Waals surface area (Å²) in [6, 6.07) is 8.80. The molecule has 0 bridgehead atoms. The van der Waals surface area contributed by atoms with E-state index in [2.05, 4.69) is 63.7 Å². The lowest BCUT2D eigenvalue weighted by atomic mass is 9.91. The lowest BCUT2D eigenvalue weighted by molar-refractivity contribution is 0.787. The maximum atomic E-state index is 2.31. The van der Waals surface area contributed by atoms with E-state index in [9.17, 15) is 0 Å². The lowest BCUT2D eigenvalue weighted by Crippen LogP contribution is -2.09. The van der Waals surface area contributed by atoms with E-state index in [0.717, 1.165) is 0 Å². The SMILES string of the molecule is CC1(C)SC(C)(C)c2ccccc21. The molecule has 0 fully saturated rings. The number of rotatable bonds is 0. The Balaban J connectivity index is 2.64. The fraction of sp³-hybridized carbons (Fsp3) is 0.500. The number of hydrogen-bond acceptors (Lipinski definition) is 1. The standard InChI is InChI=1S/C12H16S/c1-11(2)9-7-5-6-8-10(9)12(3,4)13-11/h5-8H,1-4H3. The van der Waals surface area contributed by atoms with Crippen LogP contribution in [0.15, 0.2) is 24.3 Å². The van der Waals surface area contributed by atoms with Crippen LogP contribution in [0.25, 0.3) is 0 Å². The summed E-state index contributed by atoms with van der Waals surface area (Å²) in [4.78, 5) is 0. The molecule has 1 aliphatic rings.